The third-order valence-electron chi connectivity index (χ3n) is 2.46. The summed E-state index contributed by atoms with van der Waals surface area (Å²) >= 11 is 0. The molecule has 1 aliphatic rings. The number of nitrogens with zero attached hydrogens (tertiary/aromatic N) is 1. The van der Waals surface area contributed by atoms with Crippen molar-refractivity contribution in [3.63, 3.8) is 0 Å². The fourth-order valence-electron chi connectivity index (χ4n) is 1.59. The van der Waals surface area contributed by atoms with E-state index in [-0.39, 0.29) is 5.91 Å². The number of likely N-dealkylation sites (tertiary alicyclic amines) is 1. The first-order valence-corrected chi connectivity index (χ1v) is 5.42. The van der Waals surface area contributed by atoms with Crippen molar-refractivity contribution in [1.82, 2.24) is 4.90 Å². The van der Waals surface area contributed by atoms with Crippen LogP contribution in [0.5, 0.6) is 0 Å². The molecule has 1 amide bonds. The third-order valence-corrected chi connectivity index (χ3v) is 2.46. The summed E-state index contributed by atoms with van der Waals surface area (Å²) in [5, 5.41) is 0. The van der Waals surface area contributed by atoms with Crippen LogP contribution in [0.4, 0.5) is 0 Å². The van der Waals surface area contributed by atoms with E-state index in [4.69, 9.17) is 0 Å². The SMILES string of the molecule is C=C/C(=C\C=C(C)C)C(=O)N1CCCC1. The van der Waals surface area contributed by atoms with E-state index >= 15 is 0 Å². The highest BCUT2D eigenvalue weighted by Crippen LogP contribution is 2.12. The van der Waals surface area contributed by atoms with Crippen LogP contribution in [0.1, 0.15) is 26.7 Å². The zero-order valence-corrected chi connectivity index (χ0v) is 9.62. The summed E-state index contributed by atoms with van der Waals surface area (Å²) < 4.78 is 0. The standard InChI is InChI=1S/C13H19NO/c1-4-12(8-7-11(2)3)13(15)14-9-5-6-10-14/h4,7-8H,1,5-6,9-10H2,2-3H3/b12-8+. The zero-order valence-electron chi connectivity index (χ0n) is 9.62. The molecule has 0 aliphatic carbocycles. The quantitative estimate of drug-likeness (QED) is 0.512. The third kappa shape index (κ3) is 3.39. The maximum Gasteiger partial charge on any atom is 0.253 e. The minimum absolute atomic E-state index is 0.111. The highest BCUT2D eigenvalue weighted by atomic mass is 16.2. The van der Waals surface area contributed by atoms with Gasteiger partial charge in [0.15, 0.2) is 0 Å². The second kappa shape index (κ2) is 5.54. The Morgan fingerprint density at radius 3 is 2.27 bits per heavy atom. The predicted molar refractivity (Wildman–Crippen MR) is 63.5 cm³/mol. The van der Waals surface area contributed by atoms with Gasteiger partial charge in [-0.2, -0.15) is 0 Å². The van der Waals surface area contributed by atoms with E-state index < -0.39 is 0 Å². The molecule has 0 atom stereocenters. The van der Waals surface area contributed by atoms with Crippen molar-refractivity contribution in [1.29, 1.82) is 0 Å². The van der Waals surface area contributed by atoms with E-state index in [1.165, 1.54) is 5.57 Å². The zero-order chi connectivity index (χ0) is 11.3. The molecule has 2 heteroatoms. The monoisotopic (exact) mass is 205 g/mol. The Morgan fingerprint density at radius 1 is 1.20 bits per heavy atom. The van der Waals surface area contributed by atoms with Crippen molar-refractivity contribution < 1.29 is 4.79 Å². The van der Waals surface area contributed by atoms with Crippen molar-refractivity contribution in [3.05, 3.63) is 36.0 Å². The van der Waals surface area contributed by atoms with Gasteiger partial charge >= 0.3 is 0 Å². The van der Waals surface area contributed by atoms with Crippen molar-refractivity contribution >= 4 is 5.91 Å². The first-order chi connectivity index (χ1) is 7.15. The lowest BCUT2D eigenvalue weighted by atomic mass is 10.2. The number of allylic oxidation sites excluding steroid dienone is 3. The van der Waals surface area contributed by atoms with Crippen LogP contribution in [-0.4, -0.2) is 23.9 Å². The van der Waals surface area contributed by atoms with Gasteiger partial charge in [0, 0.05) is 18.7 Å². The first-order valence-electron chi connectivity index (χ1n) is 5.42. The van der Waals surface area contributed by atoms with Crippen LogP contribution in [-0.2, 0) is 4.79 Å². The molecule has 1 aliphatic heterocycles. The lowest BCUT2D eigenvalue weighted by Crippen LogP contribution is -2.28. The first kappa shape index (κ1) is 11.8. The van der Waals surface area contributed by atoms with Gasteiger partial charge in [0.25, 0.3) is 5.91 Å². The van der Waals surface area contributed by atoms with Crippen LogP contribution in [0.25, 0.3) is 0 Å². The smallest absolute Gasteiger partial charge is 0.253 e. The molecule has 15 heavy (non-hydrogen) atoms. The molecule has 0 spiro atoms. The summed E-state index contributed by atoms with van der Waals surface area (Å²) in [4.78, 5) is 13.8. The maximum absolute atomic E-state index is 11.9. The fourth-order valence-corrected chi connectivity index (χ4v) is 1.59. The van der Waals surface area contributed by atoms with Gasteiger partial charge in [0.05, 0.1) is 0 Å². The molecule has 0 saturated carbocycles. The molecule has 0 radical (unpaired) electrons. The molecular formula is C13H19NO. The van der Waals surface area contributed by atoms with Crippen molar-refractivity contribution in [2.45, 2.75) is 26.7 Å². The highest BCUT2D eigenvalue weighted by Gasteiger charge is 2.19. The topological polar surface area (TPSA) is 20.3 Å². The van der Waals surface area contributed by atoms with Gasteiger partial charge in [0.1, 0.15) is 0 Å². The number of rotatable bonds is 3. The summed E-state index contributed by atoms with van der Waals surface area (Å²) in [5.74, 6) is 0.111. The van der Waals surface area contributed by atoms with E-state index in [9.17, 15) is 4.79 Å². The Hall–Kier alpha value is -1.31. The average molecular weight is 205 g/mol. The molecule has 2 nitrogen and oxygen atoms in total. The van der Waals surface area contributed by atoms with Gasteiger partial charge in [-0.1, -0.05) is 24.3 Å². The second-order valence-electron chi connectivity index (χ2n) is 4.07. The van der Waals surface area contributed by atoms with Gasteiger partial charge in [-0.3, -0.25) is 4.79 Å². The van der Waals surface area contributed by atoms with Gasteiger partial charge in [0.2, 0.25) is 0 Å². The van der Waals surface area contributed by atoms with Gasteiger partial charge in [-0.25, -0.2) is 0 Å². The number of hydrogen-bond donors (Lipinski definition) is 0. The predicted octanol–water partition coefficient (Wildman–Crippen LogP) is 2.69. The lowest BCUT2D eigenvalue weighted by molar-refractivity contribution is -0.125. The van der Waals surface area contributed by atoms with Crippen molar-refractivity contribution in [2.75, 3.05) is 13.1 Å². The number of carbonyl (C=O) groups is 1. The van der Waals surface area contributed by atoms with Gasteiger partial charge in [-0.15, -0.1) is 0 Å². The van der Waals surface area contributed by atoms with E-state index in [1.54, 1.807) is 6.08 Å². The van der Waals surface area contributed by atoms with E-state index in [0.717, 1.165) is 25.9 Å². The summed E-state index contributed by atoms with van der Waals surface area (Å²) in [5.41, 5.74) is 1.88. The molecule has 0 unspecified atom stereocenters. The molecule has 1 rings (SSSR count). The highest BCUT2D eigenvalue weighted by molar-refractivity contribution is 5.96. The van der Waals surface area contributed by atoms with Crippen LogP contribution >= 0.6 is 0 Å². The van der Waals surface area contributed by atoms with Crippen LogP contribution in [0.15, 0.2) is 36.0 Å². The summed E-state index contributed by atoms with van der Waals surface area (Å²) in [7, 11) is 0. The van der Waals surface area contributed by atoms with E-state index in [1.807, 2.05) is 30.9 Å². The van der Waals surface area contributed by atoms with Gasteiger partial charge < -0.3 is 4.90 Å². The molecule has 1 saturated heterocycles. The number of carbonyl (C=O) groups excluding carboxylic acids is 1. The number of amides is 1. The minimum Gasteiger partial charge on any atom is -0.339 e. The molecule has 0 aromatic carbocycles. The molecule has 0 aromatic rings. The minimum atomic E-state index is 0.111. The lowest BCUT2D eigenvalue weighted by Gasteiger charge is -2.15. The van der Waals surface area contributed by atoms with Crippen LogP contribution in [0.2, 0.25) is 0 Å². The Labute approximate surface area is 92.0 Å². The van der Waals surface area contributed by atoms with Crippen LogP contribution in [0, 0.1) is 0 Å². The van der Waals surface area contributed by atoms with Crippen molar-refractivity contribution in [3.8, 4) is 0 Å². The Bertz CT molecular complexity index is 302. The van der Waals surface area contributed by atoms with Crippen LogP contribution < -0.4 is 0 Å². The van der Waals surface area contributed by atoms with Gasteiger partial charge in [-0.05, 0) is 32.8 Å². The molecule has 1 heterocycles. The Balaban J connectivity index is 2.73. The maximum atomic E-state index is 11.9. The second-order valence-corrected chi connectivity index (χ2v) is 4.07. The van der Waals surface area contributed by atoms with Crippen LogP contribution in [0.3, 0.4) is 0 Å². The summed E-state index contributed by atoms with van der Waals surface area (Å²) in [6, 6.07) is 0. The Morgan fingerprint density at radius 2 is 1.80 bits per heavy atom. The molecule has 82 valence electrons. The molecular weight excluding hydrogens is 186 g/mol. The fraction of sp³-hybridized carbons (Fsp3) is 0.462. The number of hydrogen-bond acceptors (Lipinski definition) is 1. The molecule has 0 bridgehead atoms. The molecule has 1 fully saturated rings. The molecule has 0 aromatic heterocycles. The Kier molecular flexibility index (Phi) is 4.35. The normalized spacial score (nSPS) is 16.4. The summed E-state index contributed by atoms with van der Waals surface area (Å²) in [6.07, 6.45) is 7.69. The van der Waals surface area contributed by atoms with E-state index in [2.05, 4.69) is 6.58 Å². The summed E-state index contributed by atoms with van der Waals surface area (Å²) in [6.45, 7) is 9.48. The molecule has 0 N–H and O–H groups in total. The largest absolute Gasteiger partial charge is 0.339 e. The average Bonchev–Trinajstić information content (AvgIpc) is 2.70. The van der Waals surface area contributed by atoms with Crippen molar-refractivity contribution in [2.24, 2.45) is 0 Å². The van der Waals surface area contributed by atoms with E-state index in [0.29, 0.717) is 5.57 Å².